The van der Waals surface area contributed by atoms with Crippen LogP contribution in [0.5, 0.6) is 0 Å². The van der Waals surface area contributed by atoms with Gasteiger partial charge in [0.1, 0.15) is 0 Å². The van der Waals surface area contributed by atoms with Gasteiger partial charge in [0.25, 0.3) is 0 Å². The Morgan fingerprint density at radius 2 is 1.70 bits per heavy atom. The van der Waals surface area contributed by atoms with Gasteiger partial charge in [0, 0.05) is 22.6 Å². The van der Waals surface area contributed by atoms with Gasteiger partial charge in [-0.05, 0) is 36.9 Å². The summed E-state index contributed by atoms with van der Waals surface area (Å²) in [7, 11) is -0.797. The topological polar surface area (TPSA) is 29.1 Å². The lowest BCUT2D eigenvalue weighted by Crippen LogP contribution is -2.34. The summed E-state index contributed by atoms with van der Waals surface area (Å²) in [6.07, 6.45) is 1.06. The zero-order chi connectivity index (χ0) is 15.1. The standard InChI is InChI=1S/C17H29NOS/c1-6-15-8-10-16(11-9-15)17(18-7-2)14(5)20(19)12-13(3)4/h8-11,13-14,17-18H,6-7,12H2,1-5H3. The van der Waals surface area contributed by atoms with Gasteiger partial charge >= 0.3 is 0 Å². The molecule has 0 radical (unpaired) electrons. The van der Waals surface area contributed by atoms with Crippen molar-refractivity contribution in [3.8, 4) is 0 Å². The maximum Gasteiger partial charge on any atom is 0.0514 e. The largest absolute Gasteiger partial charge is 0.309 e. The van der Waals surface area contributed by atoms with E-state index < -0.39 is 10.8 Å². The van der Waals surface area contributed by atoms with E-state index >= 15 is 0 Å². The highest BCUT2D eigenvalue weighted by Gasteiger charge is 2.24. The molecule has 0 aliphatic carbocycles. The molecule has 0 heterocycles. The van der Waals surface area contributed by atoms with Crippen LogP contribution in [0.25, 0.3) is 0 Å². The van der Waals surface area contributed by atoms with Gasteiger partial charge in [0.15, 0.2) is 0 Å². The molecule has 0 aliphatic rings. The lowest BCUT2D eigenvalue weighted by atomic mass is 10.0. The fraction of sp³-hybridized carbons (Fsp3) is 0.647. The molecule has 0 spiro atoms. The van der Waals surface area contributed by atoms with Crippen molar-refractivity contribution in [2.24, 2.45) is 5.92 Å². The summed E-state index contributed by atoms with van der Waals surface area (Å²) in [5.41, 5.74) is 2.59. The Labute approximate surface area is 126 Å². The lowest BCUT2D eigenvalue weighted by Gasteiger charge is -2.25. The van der Waals surface area contributed by atoms with E-state index in [1.807, 2.05) is 0 Å². The van der Waals surface area contributed by atoms with E-state index in [1.165, 1.54) is 11.1 Å². The van der Waals surface area contributed by atoms with Gasteiger partial charge in [-0.15, -0.1) is 0 Å². The van der Waals surface area contributed by atoms with E-state index in [0.29, 0.717) is 5.92 Å². The van der Waals surface area contributed by atoms with E-state index in [9.17, 15) is 4.21 Å². The SMILES string of the molecule is CCNC(c1ccc(CC)cc1)C(C)S(=O)CC(C)C. The monoisotopic (exact) mass is 295 g/mol. The second-order valence-electron chi connectivity index (χ2n) is 5.78. The molecule has 0 bridgehead atoms. The van der Waals surface area contributed by atoms with Crippen molar-refractivity contribution in [3.05, 3.63) is 35.4 Å². The first kappa shape index (κ1) is 17.4. The summed E-state index contributed by atoms with van der Waals surface area (Å²) >= 11 is 0. The third kappa shape index (κ3) is 5.02. The Morgan fingerprint density at radius 1 is 1.10 bits per heavy atom. The van der Waals surface area contributed by atoms with Crippen molar-refractivity contribution in [3.63, 3.8) is 0 Å². The van der Waals surface area contributed by atoms with Crippen LogP contribution >= 0.6 is 0 Å². The maximum absolute atomic E-state index is 12.4. The zero-order valence-corrected chi connectivity index (χ0v) is 14.3. The third-order valence-corrected chi connectivity index (χ3v) is 5.65. The first-order valence-electron chi connectivity index (χ1n) is 7.68. The predicted octanol–water partition coefficient (Wildman–Crippen LogP) is 3.69. The number of nitrogens with one attached hydrogen (secondary N) is 1. The van der Waals surface area contributed by atoms with Crippen molar-refractivity contribution in [1.82, 2.24) is 5.32 Å². The van der Waals surface area contributed by atoms with Crippen molar-refractivity contribution < 1.29 is 4.21 Å². The van der Waals surface area contributed by atoms with E-state index in [-0.39, 0.29) is 11.3 Å². The van der Waals surface area contributed by atoms with Gasteiger partial charge in [-0.3, -0.25) is 4.21 Å². The molecule has 3 atom stereocenters. The molecule has 0 fully saturated rings. The summed E-state index contributed by atoms with van der Waals surface area (Å²) < 4.78 is 12.4. The molecule has 3 unspecified atom stereocenters. The molecule has 2 nitrogen and oxygen atoms in total. The Kier molecular flexibility index (Phi) is 7.46. The number of hydrogen-bond donors (Lipinski definition) is 1. The van der Waals surface area contributed by atoms with Crippen molar-refractivity contribution in [1.29, 1.82) is 0 Å². The Balaban J connectivity index is 2.88. The molecule has 0 aliphatic heterocycles. The van der Waals surface area contributed by atoms with Crippen LogP contribution in [0.3, 0.4) is 0 Å². The van der Waals surface area contributed by atoms with Crippen molar-refractivity contribution >= 4 is 10.8 Å². The summed E-state index contributed by atoms with van der Waals surface area (Å²) in [6, 6.07) is 8.88. The van der Waals surface area contributed by atoms with Crippen LogP contribution in [-0.2, 0) is 17.2 Å². The second-order valence-corrected chi connectivity index (χ2v) is 7.62. The van der Waals surface area contributed by atoms with Crippen LogP contribution < -0.4 is 5.32 Å². The molecule has 1 aromatic rings. The van der Waals surface area contributed by atoms with Gasteiger partial charge in [0.05, 0.1) is 5.25 Å². The van der Waals surface area contributed by atoms with E-state index in [4.69, 9.17) is 0 Å². The highest BCUT2D eigenvalue weighted by Crippen LogP contribution is 2.22. The van der Waals surface area contributed by atoms with Crippen LogP contribution in [0.2, 0.25) is 0 Å². The number of hydrogen-bond acceptors (Lipinski definition) is 2. The Bertz CT molecular complexity index is 414. The highest BCUT2D eigenvalue weighted by atomic mass is 32.2. The summed E-state index contributed by atoms with van der Waals surface area (Å²) in [5.74, 6) is 1.25. The van der Waals surface area contributed by atoms with Gasteiger partial charge in [-0.2, -0.15) is 0 Å². The smallest absolute Gasteiger partial charge is 0.0514 e. The van der Waals surface area contributed by atoms with E-state index in [2.05, 4.69) is 64.2 Å². The molecule has 1 rings (SSSR count). The number of benzene rings is 1. The second kappa shape index (κ2) is 8.58. The first-order chi connectivity index (χ1) is 9.49. The fourth-order valence-electron chi connectivity index (χ4n) is 2.37. The summed E-state index contributed by atoms with van der Waals surface area (Å²) in [4.78, 5) is 0. The minimum absolute atomic E-state index is 0.129. The maximum atomic E-state index is 12.4. The molecule has 0 saturated carbocycles. The molecule has 1 aromatic carbocycles. The Hall–Kier alpha value is -0.670. The average molecular weight is 295 g/mol. The molecule has 0 amide bonds. The molecule has 114 valence electrons. The third-order valence-electron chi connectivity index (χ3n) is 3.55. The van der Waals surface area contributed by atoms with Gasteiger partial charge in [-0.1, -0.05) is 52.0 Å². The van der Waals surface area contributed by atoms with Gasteiger partial charge in [0.2, 0.25) is 0 Å². The van der Waals surface area contributed by atoms with Gasteiger partial charge < -0.3 is 5.32 Å². The number of aryl methyl sites for hydroxylation is 1. The van der Waals surface area contributed by atoms with E-state index in [0.717, 1.165) is 18.7 Å². The molecular weight excluding hydrogens is 266 g/mol. The first-order valence-corrected chi connectivity index (χ1v) is 9.07. The summed E-state index contributed by atoms with van der Waals surface area (Å²) in [5, 5.41) is 3.63. The fourth-order valence-corrected chi connectivity index (χ4v) is 3.89. The van der Waals surface area contributed by atoms with Crippen LogP contribution in [0, 0.1) is 5.92 Å². The lowest BCUT2D eigenvalue weighted by molar-refractivity contribution is 0.533. The quantitative estimate of drug-likeness (QED) is 0.792. The predicted molar refractivity (Wildman–Crippen MR) is 89.5 cm³/mol. The summed E-state index contributed by atoms with van der Waals surface area (Å²) in [6.45, 7) is 11.5. The van der Waals surface area contributed by atoms with Crippen molar-refractivity contribution in [2.75, 3.05) is 12.3 Å². The van der Waals surface area contributed by atoms with Crippen molar-refractivity contribution in [2.45, 2.75) is 52.3 Å². The average Bonchev–Trinajstić information content (AvgIpc) is 2.43. The molecule has 1 N–H and O–H groups in total. The molecule has 3 heteroatoms. The minimum Gasteiger partial charge on any atom is -0.309 e. The molecule has 0 aromatic heterocycles. The normalized spacial score (nSPS) is 16.1. The molecule has 0 saturated heterocycles. The molecular formula is C17H29NOS. The minimum atomic E-state index is -0.797. The highest BCUT2D eigenvalue weighted by molar-refractivity contribution is 7.85. The van der Waals surface area contributed by atoms with E-state index in [1.54, 1.807) is 0 Å². The Morgan fingerprint density at radius 3 is 2.15 bits per heavy atom. The van der Waals surface area contributed by atoms with Gasteiger partial charge in [-0.25, -0.2) is 0 Å². The zero-order valence-electron chi connectivity index (χ0n) is 13.5. The van der Waals surface area contributed by atoms with Crippen LogP contribution in [-0.4, -0.2) is 21.8 Å². The van der Waals surface area contributed by atoms with Crippen LogP contribution in [0.4, 0.5) is 0 Å². The van der Waals surface area contributed by atoms with Crippen LogP contribution in [0.15, 0.2) is 24.3 Å². The van der Waals surface area contributed by atoms with Crippen LogP contribution in [0.1, 0.15) is 51.8 Å². The number of rotatable bonds is 8. The molecule has 20 heavy (non-hydrogen) atoms.